The van der Waals surface area contributed by atoms with Crippen LogP contribution in [0.5, 0.6) is 5.75 Å². The van der Waals surface area contributed by atoms with Gasteiger partial charge in [-0.3, -0.25) is 4.79 Å². The molecular formula is C21H23Cl2NO2S. The summed E-state index contributed by atoms with van der Waals surface area (Å²) in [5, 5.41) is 11.2. The van der Waals surface area contributed by atoms with Gasteiger partial charge in [-0.25, -0.2) is 0 Å². The summed E-state index contributed by atoms with van der Waals surface area (Å²) >= 11 is 14.4. The number of halogens is 2. The minimum absolute atomic E-state index is 0.160. The summed E-state index contributed by atoms with van der Waals surface area (Å²) in [5.74, 6) is 1.11. The van der Waals surface area contributed by atoms with E-state index in [2.05, 4.69) is 0 Å². The maximum absolute atomic E-state index is 12.0. The van der Waals surface area contributed by atoms with Crippen molar-refractivity contribution in [3.63, 3.8) is 0 Å². The van der Waals surface area contributed by atoms with E-state index < -0.39 is 0 Å². The molecular weight excluding hydrogens is 401 g/mol. The molecule has 0 spiro atoms. The Morgan fingerprint density at radius 1 is 1.19 bits per heavy atom. The topological polar surface area (TPSA) is 40.5 Å². The number of carbonyl (C=O) groups is 1. The lowest BCUT2D eigenvalue weighted by atomic mass is 9.96. The highest BCUT2D eigenvalue weighted by molar-refractivity contribution is 8.00. The Morgan fingerprint density at radius 2 is 1.85 bits per heavy atom. The molecule has 2 aromatic carbocycles. The van der Waals surface area contributed by atoms with E-state index >= 15 is 0 Å². The van der Waals surface area contributed by atoms with Gasteiger partial charge in [-0.15, -0.1) is 11.8 Å². The lowest BCUT2D eigenvalue weighted by molar-refractivity contribution is -0.131. The number of benzene rings is 2. The Bertz CT molecular complexity index is 827. The highest BCUT2D eigenvalue weighted by Gasteiger charge is 2.20. The maximum atomic E-state index is 12.0. The first-order valence-electron chi connectivity index (χ1n) is 9.05. The average Bonchev–Trinajstić information content (AvgIpc) is 2.56. The highest BCUT2D eigenvalue weighted by atomic mass is 35.5. The van der Waals surface area contributed by atoms with E-state index in [1.165, 1.54) is 11.8 Å². The van der Waals surface area contributed by atoms with E-state index in [0.717, 1.165) is 41.1 Å². The van der Waals surface area contributed by atoms with E-state index in [4.69, 9.17) is 23.2 Å². The second-order valence-corrected chi connectivity index (χ2v) is 8.98. The van der Waals surface area contributed by atoms with E-state index in [-0.39, 0.29) is 11.8 Å². The number of likely N-dealkylation sites (tertiary alicyclic amines) is 1. The first-order valence-corrected chi connectivity index (χ1v) is 10.8. The zero-order valence-electron chi connectivity index (χ0n) is 15.5. The highest BCUT2D eigenvalue weighted by Crippen LogP contribution is 2.34. The summed E-state index contributed by atoms with van der Waals surface area (Å²) in [5.41, 5.74) is 2.82. The van der Waals surface area contributed by atoms with Gasteiger partial charge in [0, 0.05) is 34.5 Å². The third-order valence-corrected chi connectivity index (χ3v) is 6.42. The van der Waals surface area contributed by atoms with Crippen LogP contribution >= 0.6 is 35.0 Å². The number of rotatable bonds is 6. The van der Waals surface area contributed by atoms with Crippen molar-refractivity contribution in [2.75, 3.05) is 18.8 Å². The maximum Gasteiger partial charge on any atom is 0.232 e. The Labute approximate surface area is 174 Å². The van der Waals surface area contributed by atoms with Crippen LogP contribution < -0.4 is 0 Å². The molecule has 1 saturated heterocycles. The van der Waals surface area contributed by atoms with Crippen molar-refractivity contribution in [2.45, 2.75) is 37.5 Å². The molecule has 0 aromatic heterocycles. The van der Waals surface area contributed by atoms with E-state index in [1.54, 1.807) is 6.07 Å². The summed E-state index contributed by atoms with van der Waals surface area (Å²) in [6.45, 7) is 5.83. The van der Waals surface area contributed by atoms with Gasteiger partial charge >= 0.3 is 0 Å². The van der Waals surface area contributed by atoms with Crippen LogP contribution in [0.4, 0.5) is 0 Å². The number of phenolic OH excluding ortho intramolecular Hbond substituents is 1. The van der Waals surface area contributed by atoms with Crippen LogP contribution in [-0.2, 0) is 11.2 Å². The molecule has 1 N–H and O–H groups in total. The molecule has 0 radical (unpaired) electrons. The Hall–Kier alpha value is -1.36. The van der Waals surface area contributed by atoms with Gasteiger partial charge in [0.05, 0.1) is 5.75 Å². The molecule has 144 valence electrons. The largest absolute Gasteiger partial charge is 0.508 e. The second kappa shape index (κ2) is 8.76. The fourth-order valence-corrected chi connectivity index (χ4v) is 4.64. The van der Waals surface area contributed by atoms with Crippen LogP contribution in [0.15, 0.2) is 35.2 Å². The van der Waals surface area contributed by atoms with Crippen molar-refractivity contribution in [1.29, 1.82) is 0 Å². The molecule has 6 heteroatoms. The lowest BCUT2D eigenvalue weighted by Gasteiger charge is -2.30. The second-order valence-electron chi connectivity index (χ2n) is 7.11. The molecule has 3 nitrogen and oxygen atoms in total. The number of hydrogen-bond donors (Lipinski definition) is 1. The monoisotopic (exact) mass is 423 g/mol. The SMILES string of the molecule is CC(C)c1cc(Cc2c(Cl)cc(SCC(=O)N3CCC3)cc2Cl)ccc1O. The number of carbonyl (C=O) groups excluding carboxylic acids is 1. The van der Waals surface area contributed by atoms with Gasteiger partial charge in [-0.1, -0.05) is 49.2 Å². The van der Waals surface area contributed by atoms with E-state index in [9.17, 15) is 9.90 Å². The van der Waals surface area contributed by atoms with E-state index in [0.29, 0.717) is 28.0 Å². The molecule has 1 fully saturated rings. The van der Waals surface area contributed by atoms with Crippen LogP contribution in [0.25, 0.3) is 0 Å². The molecule has 0 unspecified atom stereocenters. The minimum atomic E-state index is 0.160. The van der Waals surface area contributed by atoms with Gasteiger partial charge < -0.3 is 10.0 Å². The third kappa shape index (κ3) is 4.92. The van der Waals surface area contributed by atoms with Crippen molar-refractivity contribution in [3.05, 3.63) is 57.1 Å². The standard InChI is InChI=1S/C21H23Cl2NO2S/c1-13(2)16-8-14(4-5-20(16)25)9-17-18(22)10-15(11-19(17)23)27-12-21(26)24-6-3-7-24/h4-5,8,10-11,13,25H,3,6-7,9,12H2,1-2H3. The summed E-state index contributed by atoms with van der Waals surface area (Å²) in [7, 11) is 0. The molecule has 1 aliphatic rings. The number of aromatic hydroxyl groups is 1. The average molecular weight is 424 g/mol. The number of amides is 1. The molecule has 27 heavy (non-hydrogen) atoms. The van der Waals surface area contributed by atoms with Crippen LogP contribution in [0.1, 0.15) is 42.9 Å². The van der Waals surface area contributed by atoms with Gasteiger partial charge in [-0.05, 0) is 47.2 Å². The van der Waals surface area contributed by atoms with Crippen molar-refractivity contribution in [2.24, 2.45) is 0 Å². The van der Waals surface area contributed by atoms with Gasteiger partial charge in [0.25, 0.3) is 0 Å². The predicted molar refractivity (Wildman–Crippen MR) is 113 cm³/mol. The number of hydrogen-bond acceptors (Lipinski definition) is 3. The lowest BCUT2D eigenvalue weighted by Crippen LogP contribution is -2.42. The fourth-order valence-electron chi connectivity index (χ4n) is 3.01. The molecule has 1 heterocycles. The molecule has 2 aromatic rings. The summed E-state index contributed by atoms with van der Waals surface area (Å²) < 4.78 is 0. The Kier molecular flexibility index (Phi) is 6.61. The Morgan fingerprint density at radius 3 is 2.41 bits per heavy atom. The Balaban J connectivity index is 1.73. The molecule has 3 rings (SSSR count). The van der Waals surface area contributed by atoms with Crippen LogP contribution in [0, 0.1) is 0 Å². The molecule has 0 saturated carbocycles. The first-order chi connectivity index (χ1) is 12.8. The molecule has 1 amide bonds. The number of nitrogens with zero attached hydrogens (tertiary/aromatic N) is 1. The van der Waals surface area contributed by atoms with Crippen LogP contribution in [0.2, 0.25) is 10.0 Å². The molecule has 1 aliphatic heterocycles. The number of phenols is 1. The predicted octanol–water partition coefficient (Wildman–Crippen LogP) is 5.74. The molecule has 0 atom stereocenters. The summed E-state index contributed by atoms with van der Waals surface area (Å²) in [6, 6.07) is 9.36. The summed E-state index contributed by atoms with van der Waals surface area (Å²) in [4.78, 5) is 14.8. The molecule has 0 bridgehead atoms. The van der Waals surface area contributed by atoms with Crippen LogP contribution in [-0.4, -0.2) is 34.8 Å². The molecule has 0 aliphatic carbocycles. The summed E-state index contributed by atoms with van der Waals surface area (Å²) in [6.07, 6.45) is 1.69. The smallest absolute Gasteiger partial charge is 0.232 e. The van der Waals surface area contributed by atoms with Gasteiger partial charge in [0.2, 0.25) is 5.91 Å². The quantitative estimate of drug-likeness (QED) is 0.602. The van der Waals surface area contributed by atoms with Crippen molar-refractivity contribution >= 4 is 40.9 Å². The van der Waals surface area contributed by atoms with Crippen molar-refractivity contribution in [1.82, 2.24) is 4.90 Å². The van der Waals surface area contributed by atoms with Crippen molar-refractivity contribution in [3.8, 4) is 5.75 Å². The number of thioether (sulfide) groups is 1. The zero-order valence-corrected chi connectivity index (χ0v) is 17.8. The van der Waals surface area contributed by atoms with Gasteiger partial charge in [0.15, 0.2) is 0 Å². The normalized spacial score (nSPS) is 13.7. The first kappa shape index (κ1) is 20.4. The van der Waals surface area contributed by atoms with Gasteiger partial charge in [0.1, 0.15) is 5.75 Å². The van der Waals surface area contributed by atoms with E-state index in [1.807, 2.05) is 43.0 Å². The van der Waals surface area contributed by atoms with Crippen LogP contribution in [0.3, 0.4) is 0 Å². The zero-order chi connectivity index (χ0) is 19.6. The minimum Gasteiger partial charge on any atom is -0.508 e. The van der Waals surface area contributed by atoms with Crippen molar-refractivity contribution < 1.29 is 9.90 Å². The van der Waals surface area contributed by atoms with Gasteiger partial charge in [-0.2, -0.15) is 0 Å². The third-order valence-electron chi connectivity index (χ3n) is 4.78. The fraction of sp³-hybridized carbons (Fsp3) is 0.381.